The lowest BCUT2D eigenvalue weighted by atomic mass is 10.1. The highest BCUT2D eigenvalue weighted by molar-refractivity contribution is 6.36. The van der Waals surface area contributed by atoms with Crippen LogP contribution in [-0.4, -0.2) is 32.1 Å². The van der Waals surface area contributed by atoms with Crippen LogP contribution in [0.15, 0.2) is 83.6 Å². The lowest BCUT2D eigenvalue weighted by molar-refractivity contribution is -0.117. The topological polar surface area (TPSA) is 73.8 Å². The monoisotopic (exact) mass is 480 g/mol. The minimum Gasteiger partial charge on any atom is -0.378 e. The molecule has 168 valence electrons. The molecule has 0 aliphatic carbocycles. The van der Waals surface area contributed by atoms with E-state index in [2.05, 4.69) is 15.8 Å². The van der Waals surface area contributed by atoms with Crippen molar-refractivity contribution in [3.8, 4) is 0 Å². The van der Waals surface area contributed by atoms with Gasteiger partial charge in [-0.3, -0.25) is 9.59 Å². The Bertz CT molecular complexity index is 1190. The third kappa shape index (κ3) is 6.94. The van der Waals surface area contributed by atoms with E-state index in [0.717, 1.165) is 11.3 Å². The van der Waals surface area contributed by atoms with E-state index in [4.69, 9.17) is 23.2 Å². The van der Waals surface area contributed by atoms with Gasteiger partial charge in [-0.25, -0.2) is 5.43 Å². The maximum atomic E-state index is 12.8. The SMILES string of the molecule is CN(C)c1ccc(/C=C(\NC(=O)c2ccccc2)C(=O)N/N=C/c2ccc(Cl)cc2Cl)cc1. The van der Waals surface area contributed by atoms with Gasteiger partial charge in [-0.15, -0.1) is 0 Å². The second kappa shape index (κ2) is 11.3. The number of nitrogens with one attached hydrogen (secondary N) is 2. The summed E-state index contributed by atoms with van der Waals surface area (Å²) in [7, 11) is 3.88. The number of carbonyl (C=O) groups is 2. The molecule has 8 heteroatoms. The predicted molar refractivity (Wildman–Crippen MR) is 135 cm³/mol. The third-order valence-electron chi connectivity index (χ3n) is 4.58. The number of carbonyl (C=O) groups excluding carboxylic acids is 2. The van der Waals surface area contributed by atoms with E-state index in [1.807, 2.05) is 49.3 Å². The van der Waals surface area contributed by atoms with Crippen molar-refractivity contribution < 1.29 is 9.59 Å². The molecule has 0 aliphatic heterocycles. The van der Waals surface area contributed by atoms with E-state index >= 15 is 0 Å². The lowest BCUT2D eigenvalue weighted by Gasteiger charge is -2.12. The van der Waals surface area contributed by atoms with Gasteiger partial charge in [0.25, 0.3) is 11.8 Å². The van der Waals surface area contributed by atoms with Crippen LogP contribution in [0.25, 0.3) is 6.08 Å². The third-order valence-corrected chi connectivity index (χ3v) is 5.14. The van der Waals surface area contributed by atoms with Crippen LogP contribution in [0.5, 0.6) is 0 Å². The molecule has 2 N–H and O–H groups in total. The summed E-state index contributed by atoms with van der Waals surface area (Å²) in [6.07, 6.45) is 2.99. The maximum absolute atomic E-state index is 12.8. The molecule has 0 fully saturated rings. The number of halogens is 2. The zero-order chi connectivity index (χ0) is 23.8. The highest BCUT2D eigenvalue weighted by Crippen LogP contribution is 2.19. The van der Waals surface area contributed by atoms with E-state index < -0.39 is 11.8 Å². The molecule has 0 aliphatic rings. The lowest BCUT2D eigenvalue weighted by Crippen LogP contribution is -2.32. The summed E-state index contributed by atoms with van der Waals surface area (Å²) < 4.78 is 0. The van der Waals surface area contributed by atoms with Gasteiger partial charge >= 0.3 is 0 Å². The van der Waals surface area contributed by atoms with Gasteiger partial charge in [-0.1, -0.05) is 59.6 Å². The highest BCUT2D eigenvalue weighted by atomic mass is 35.5. The van der Waals surface area contributed by atoms with Gasteiger partial charge in [0.15, 0.2) is 0 Å². The number of rotatable bonds is 7. The van der Waals surface area contributed by atoms with Gasteiger partial charge in [0.2, 0.25) is 0 Å². The largest absolute Gasteiger partial charge is 0.378 e. The van der Waals surface area contributed by atoms with Crippen molar-refractivity contribution in [3.63, 3.8) is 0 Å². The molecular formula is C25H22Cl2N4O2. The minimum atomic E-state index is -0.586. The van der Waals surface area contributed by atoms with Crippen LogP contribution >= 0.6 is 23.2 Å². The van der Waals surface area contributed by atoms with Crippen molar-refractivity contribution in [2.75, 3.05) is 19.0 Å². The molecule has 0 saturated heterocycles. The van der Waals surface area contributed by atoms with E-state index in [1.165, 1.54) is 6.21 Å². The van der Waals surface area contributed by atoms with Gasteiger partial charge in [0, 0.05) is 35.9 Å². The van der Waals surface area contributed by atoms with Crippen molar-refractivity contribution in [2.24, 2.45) is 5.10 Å². The number of benzene rings is 3. The number of hydrazone groups is 1. The highest BCUT2D eigenvalue weighted by Gasteiger charge is 2.14. The summed E-state index contributed by atoms with van der Waals surface area (Å²) >= 11 is 12.0. The molecule has 0 radical (unpaired) electrons. The van der Waals surface area contributed by atoms with Crippen molar-refractivity contribution in [3.05, 3.63) is 105 Å². The van der Waals surface area contributed by atoms with Crippen LogP contribution in [0.1, 0.15) is 21.5 Å². The first kappa shape index (κ1) is 24.0. The molecule has 0 spiro atoms. The van der Waals surface area contributed by atoms with E-state index in [0.29, 0.717) is 21.2 Å². The molecule has 33 heavy (non-hydrogen) atoms. The molecule has 3 rings (SSSR count). The second-order valence-electron chi connectivity index (χ2n) is 7.23. The second-order valence-corrected chi connectivity index (χ2v) is 8.07. The molecule has 0 heterocycles. The van der Waals surface area contributed by atoms with Crippen molar-refractivity contribution in [1.82, 2.24) is 10.7 Å². The Morgan fingerprint density at radius 1 is 0.939 bits per heavy atom. The quantitative estimate of drug-likeness (QED) is 0.284. The molecule has 0 bridgehead atoms. The van der Waals surface area contributed by atoms with E-state index in [-0.39, 0.29) is 5.70 Å². The molecule has 0 aromatic heterocycles. The zero-order valence-corrected chi connectivity index (χ0v) is 19.6. The van der Waals surface area contributed by atoms with Gasteiger partial charge in [0.1, 0.15) is 5.70 Å². The maximum Gasteiger partial charge on any atom is 0.287 e. The van der Waals surface area contributed by atoms with Crippen LogP contribution in [0.4, 0.5) is 5.69 Å². The van der Waals surface area contributed by atoms with Crippen molar-refractivity contribution >= 4 is 53.0 Å². The van der Waals surface area contributed by atoms with Crippen LogP contribution in [-0.2, 0) is 4.79 Å². The normalized spacial score (nSPS) is 11.3. The van der Waals surface area contributed by atoms with Crippen molar-refractivity contribution in [1.29, 1.82) is 0 Å². The Morgan fingerprint density at radius 3 is 2.27 bits per heavy atom. The molecular weight excluding hydrogens is 459 g/mol. The van der Waals surface area contributed by atoms with Gasteiger partial charge in [0.05, 0.1) is 11.2 Å². The standard InChI is InChI=1S/C25H22Cl2N4O2/c1-31(2)21-12-8-17(9-13-21)14-23(29-24(32)18-6-4-3-5-7-18)25(33)30-28-16-19-10-11-20(26)15-22(19)27/h3-16H,1-2H3,(H,29,32)(H,30,33)/b23-14-,28-16+. The number of hydrogen-bond donors (Lipinski definition) is 2. The summed E-state index contributed by atoms with van der Waals surface area (Å²) in [6, 6.07) is 21.1. The van der Waals surface area contributed by atoms with Gasteiger partial charge in [-0.2, -0.15) is 5.10 Å². The number of hydrogen-bond acceptors (Lipinski definition) is 4. The molecule has 2 amide bonds. The predicted octanol–water partition coefficient (Wildman–Crippen LogP) is 4.98. The Balaban J connectivity index is 1.82. The number of nitrogens with zero attached hydrogens (tertiary/aromatic N) is 2. The number of anilines is 1. The first-order valence-electron chi connectivity index (χ1n) is 9.97. The molecule has 0 saturated carbocycles. The Hall–Kier alpha value is -3.61. The van der Waals surface area contributed by atoms with Crippen LogP contribution < -0.4 is 15.6 Å². The summed E-state index contributed by atoms with van der Waals surface area (Å²) in [4.78, 5) is 27.5. The van der Waals surface area contributed by atoms with E-state index in [9.17, 15) is 9.59 Å². The summed E-state index contributed by atoms with van der Waals surface area (Å²) in [5.41, 5.74) is 5.23. The van der Waals surface area contributed by atoms with Crippen molar-refractivity contribution in [2.45, 2.75) is 0 Å². The molecule has 0 unspecified atom stereocenters. The first-order valence-corrected chi connectivity index (χ1v) is 10.7. The fraction of sp³-hybridized carbons (Fsp3) is 0.0800. The van der Waals surface area contributed by atoms with Crippen LogP contribution in [0.3, 0.4) is 0 Å². The Kier molecular flexibility index (Phi) is 8.24. The Morgan fingerprint density at radius 2 is 1.64 bits per heavy atom. The van der Waals surface area contributed by atoms with Gasteiger partial charge < -0.3 is 10.2 Å². The smallest absolute Gasteiger partial charge is 0.287 e. The Labute approximate surface area is 202 Å². The fourth-order valence-corrected chi connectivity index (χ4v) is 3.26. The first-order chi connectivity index (χ1) is 15.8. The summed E-state index contributed by atoms with van der Waals surface area (Å²) in [6.45, 7) is 0. The average molecular weight is 481 g/mol. The zero-order valence-electron chi connectivity index (χ0n) is 18.0. The van der Waals surface area contributed by atoms with Gasteiger partial charge in [-0.05, 0) is 48.0 Å². The summed E-state index contributed by atoms with van der Waals surface area (Å²) in [5, 5.41) is 7.52. The molecule has 6 nitrogen and oxygen atoms in total. The average Bonchev–Trinajstić information content (AvgIpc) is 2.80. The number of amides is 2. The van der Waals surface area contributed by atoms with Crippen LogP contribution in [0.2, 0.25) is 10.0 Å². The molecule has 3 aromatic rings. The molecule has 3 aromatic carbocycles. The molecule has 0 atom stereocenters. The fourth-order valence-electron chi connectivity index (χ4n) is 2.80. The van der Waals surface area contributed by atoms with Crippen LogP contribution in [0, 0.1) is 0 Å². The summed E-state index contributed by atoms with van der Waals surface area (Å²) in [5.74, 6) is -0.996. The van der Waals surface area contributed by atoms with E-state index in [1.54, 1.807) is 48.5 Å². The minimum absolute atomic E-state index is 0.0424.